The lowest BCUT2D eigenvalue weighted by atomic mass is 10.1. The van der Waals surface area contributed by atoms with Crippen molar-refractivity contribution in [2.24, 2.45) is 7.05 Å². The van der Waals surface area contributed by atoms with Crippen molar-refractivity contribution in [2.75, 3.05) is 0 Å². The SMILES string of the molecule is CCc1ccc(-c2ccn(C)n2)cc1. The zero-order chi connectivity index (χ0) is 9.97. The van der Waals surface area contributed by atoms with E-state index in [4.69, 9.17) is 0 Å². The van der Waals surface area contributed by atoms with Gasteiger partial charge >= 0.3 is 0 Å². The third kappa shape index (κ3) is 1.69. The van der Waals surface area contributed by atoms with E-state index in [0.717, 1.165) is 12.1 Å². The first-order valence-electron chi connectivity index (χ1n) is 4.88. The second-order valence-electron chi connectivity index (χ2n) is 3.43. The molecular formula is C12H14N2. The molecule has 2 rings (SSSR count). The quantitative estimate of drug-likeness (QED) is 0.705. The fourth-order valence-corrected chi connectivity index (χ4v) is 1.48. The first kappa shape index (κ1) is 9.00. The second-order valence-corrected chi connectivity index (χ2v) is 3.43. The summed E-state index contributed by atoms with van der Waals surface area (Å²) in [7, 11) is 1.93. The molecule has 0 saturated heterocycles. The van der Waals surface area contributed by atoms with Gasteiger partial charge in [0.1, 0.15) is 0 Å². The van der Waals surface area contributed by atoms with Crippen molar-refractivity contribution in [3.63, 3.8) is 0 Å². The lowest BCUT2D eigenvalue weighted by molar-refractivity contribution is 0.771. The molecule has 2 heteroatoms. The van der Waals surface area contributed by atoms with Crippen molar-refractivity contribution in [1.82, 2.24) is 9.78 Å². The summed E-state index contributed by atoms with van der Waals surface area (Å²) in [6.45, 7) is 2.16. The zero-order valence-corrected chi connectivity index (χ0v) is 8.57. The van der Waals surface area contributed by atoms with E-state index in [1.54, 1.807) is 0 Å². The molecule has 1 aromatic heterocycles. The highest BCUT2D eigenvalue weighted by molar-refractivity contribution is 5.58. The first-order chi connectivity index (χ1) is 6.79. The fourth-order valence-electron chi connectivity index (χ4n) is 1.48. The molecule has 0 bridgehead atoms. The average molecular weight is 186 g/mol. The van der Waals surface area contributed by atoms with Gasteiger partial charge in [-0.25, -0.2) is 0 Å². The second kappa shape index (κ2) is 3.66. The molecule has 0 fully saturated rings. The Morgan fingerprint density at radius 2 is 1.86 bits per heavy atom. The van der Waals surface area contributed by atoms with Crippen LogP contribution in [0, 0.1) is 0 Å². The summed E-state index contributed by atoms with van der Waals surface area (Å²) in [6.07, 6.45) is 3.05. The Kier molecular flexibility index (Phi) is 2.35. The minimum Gasteiger partial charge on any atom is -0.275 e. The Morgan fingerprint density at radius 3 is 2.36 bits per heavy atom. The molecule has 0 saturated carbocycles. The van der Waals surface area contributed by atoms with Crippen LogP contribution in [0.1, 0.15) is 12.5 Å². The molecule has 2 aromatic rings. The summed E-state index contributed by atoms with van der Waals surface area (Å²) in [4.78, 5) is 0. The van der Waals surface area contributed by atoms with Gasteiger partial charge in [-0.15, -0.1) is 0 Å². The monoisotopic (exact) mass is 186 g/mol. The number of nitrogens with zero attached hydrogens (tertiary/aromatic N) is 2. The molecule has 0 aliphatic heterocycles. The maximum Gasteiger partial charge on any atom is 0.0923 e. The number of hydrogen-bond acceptors (Lipinski definition) is 1. The number of benzene rings is 1. The van der Waals surface area contributed by atoms with E-state index in [1.165, 1.54) is 11.1 Å². The van der Waals surface area contributed by atoms with E-state index in [-0.39, 0.29) is 0 Å². The predicted octanol–water partition coefficient (Wildman–Crippen LogP) is 2.65. The van der Waals surface area contributed by atoms with Gasteiger partial charge in [-0.2, -0.15) is 5.10 Å². The Balaban J connectivity index is 2.33. The normalized spacial score (nSPS) is 10.4. The van der Waals surface area contributed by atoms with E-state index < -0.39 is 0 Å². The summed E-state index contributed by atoms with van der Waals surface area (Å²) in [5.74, 6) is 0. The van der Waals surface area contributed by atoms with Crippen molar-refractivity contribution in [2.45, 2.75) is 13.3 Å². The highest BCUT2D eigenvalue weighted by Gasteiger charge is 1.99. The summed E-state index contributed by atoms with van der Waals surface area (Å²) in [5, 5.41) is 4.35. The summed E-state index contributed by atoms with van der Waals surface area (Å²) in [5.41, 5.74) is 3.59. The van der Waals surface area contributed by atoms with Crippen molar-refractivity contribution < 1.29 is 0 Å². The van der Waals surface area contributed by atoms with Crippen molar-refractivity contribution in [3.8, 4) is 11.3 Å². The number of aryl methyl sites for hydroxylation is 2. The fraction of sp³-hybridized carbons (Fsp3) is 0.250. The molecule has 0 spiro atoms. The zero-order valence-electron chi connectivity index (χ0n) is 8.57. The lowest BCUT2D eigenvalue weighted by Gasteiger charge is -1.98. The molecule has 0 unspecified atom stereocenters. The minimum absolute atomic E-state index is 1.04. The van der Waals surface area contributed by atoms with Gasteiger partial charge in [-0.1, -0.05) is 31.2 Å². The highest BCUT2D eigenvalue weighted by Crippen LogP contribution is 2.17. The standard InChI is InChI=1S/C12H14N2/c1-3-10-4-6-11(7-5-10)12-8-9-14(2)13-12/h4-9H,3H2,1-2H3. The lowest BCUT2D eigenvalue weighted by Crippen LogP contribution is -1.88. The smallest absolute Gasteiger partial charge is 0.0923 e. The predicted molar refractivity (Wildman–Crippen MR) is 58.0 cm³/mol. The van der Waals surface area contributed by atoms with Crippen LogP contribution in [0.2, 0.25) is 0 Å². The molecule has 0 N–H and O–H groups in total. The van der Waals surface area contributed by atoms with Gasteiger partial charge in [-0.05, 0) is 18.1 Å². The molecule has 0 radical (unpaired) electrons. The van der Waals surface area contributed by atoms with Crippen LogP contribution in [0.15, 0.2) is 36.5 Å². The van der Waals surface area contributed by atoms with Crippen LogP contribution in [0.5, 0.6) is 0 Å². The number of aromatic nitrogens is 2. The van der Waals surface area contributed by atoms with Gasteiger partial charge < -0.3 is 0 Å². The number of hydrogen-bond donors (Lipinski definition) is 0. The largest absolute Gasteiger partial charge is 0.275 e. The Bertz CT molecular complexity index is 412. The van der Waals surface area contributed by atoms with Crippen molar-refractivity contribution in [1.29, 1.82) is 0 Å². The van der Waals surface area contributed by atoms with Crippen LogP contribution in [-0.4, -0.2) is 9.78 Å². The molecule has 0 aliphatic rings. The van der Waals surface area contributed by atoms with E-state index in [0.29, 0.717) is 0 Å². The van der Waals surface area contributed by atoms with Crippen LogP contribution in [0.3, 0.4) is 0 Å². The van der Waals surface area contributed by atoms with Gasteiger partial charge in [0.25, 0.3) is 0 Å². The van der Waals surface area contributed by atoms with Crippen molar-refractivity contribution >= 4 is 0 Å². The molecule has 0 aliphatic carbocycles. The molecule has 0 atom stereocenters. The third-order valence-electron chi connectivity index (χ3n) is 2.37. The Morgan fingerprint density at radius 1 is 1.14 bits per heavy atom. The Labute approximate surface area is 84.2 Å². The topological polar surface area (TPSA) is 17.8 Å². The van der Waals surface area contributed by atoms with Crippen LogP contribution in [0.25, 0.3) is 11.3 Å². The van der Waals surface area contributed by atoms with Crippen LogP contribution >= 0.6 is 0 Å². The molecule has 1 heterocycles. The first-order valence-corrected chi connectivity index (χ1v) is 4.88. The van der Waals surface area contributed by atoms with Crippen LogP contribution in [0.4, 0.5) is 0 Å². The van der Waals surface area contributed by atoms with E-state index >= 15 is 0 Å². The maximum absolute atomic E-state index is 4.35. The van der Waals surface area contributed by atoms with E-state index in [2.05, 4.69) is 36.3 Å². The van der Waals surface area contributed by atoms with Gasteiger partial charge in [-0.3, -0.25) is 4.68 Å². The number of rotatable bonds is 2. The summed E-state index contributed by atoms with van der Waals surface area (Å²) >= 11 is 0. The maximum atomic E-state index is 4.35. The van der Waals surface area contributed by atoms with E-state index in [9.17, 15) is 0 Å². The summed E-state index contributed by atoms with van der Waals surface area (Å²) < 4.78 is 1.82. The molecular weight excluding hydrogens is 172 g/mol. The molecule has 2 nitrogen and oxygen atoms in total. The third-order valence-corrected chi connectivity index (χ3v) is 2.37. The van der Waals surface area contributed by atoms with Crippen LogP contribution < -0.4 is 0 Å². The molecule has 1 aromatic carbocycles. The Hall–Kier alpha value is -1.57. The van der Waals surface area contributed by atoms with Gasteiger partial charge in [0.15, 0.2) is 0 Å². The average Bonchev–Trinajstić information content (AvgIpc) is 2.65. The highest BCUT2D eigenvalue weighted by atomic mass is 15.2. The minimum atomic E-state index is 1.04. The van der Waals surface area contributed by atoms with Crippen LogP contribution in [-0.2, 0) is 13.5 Å². The van der Waals surface area contributed by atoms with E-state index in [1.807, 2.05) is 24.0 Å². The van der Waals surface area contributed by atoms with Gasteiger partial charge in [0.05, 0.1) is 5.69 Å². The molecule has 72 valence electrons. The molecule has 14 heavy (non-hydrogen) atoms. The molecule has 0 amide bonds. The van der Waals surface area contributed by atoms with Gasteiger partial charge in [0.2, 0.25) is 0 Å². The van der Waals surface area contributed by atoms with Crippen molar-refractivity contribution in [3.05, 3.63) is 42.1 Å². The van der Waals surface area contributed by atoms with Gasteiger partial charge in [0, 0.05) is 18.8 Å². The summed E-state index contributed by atoms with van der Waals surface area (Å²) in [6, 6.07) is 10.6.